The maximum atomic E-state index is 4.62. The number of aromatic nitrogens is 3. The van der Waals surface area contributed by atoms with Crippen LogP contribution in [-0.4, -0.2) is 14.1 Å². The van der Waals surface area contributed by atoms with E-state index in [0.717, 1.165) is 17.7 Å². The summed E-state index contributed by atoms with van der Waals surface area (Å²) in [6.07, 6.45) is 2.01. The summed E-state index contributed by atoms with van der Waals surface area (Å²) in [5.74, 6) is 0.0666. The highest BCUT2D eigenvalue weighted by Crippen LogP contribution is 2.39. The minimum atomic E-state index is 0.0666. The third kappa shape index (κ3) is 3.51. The average Bonchev–Trinajstić information content (AvgIpc) is 3.46. The molecule has 186 valence electrons. The van der Waals surface area contributed by atoms with E-state index in [1.165, 1.54) is 60.3 Å². The van der Waals surface area contributed by atoms with Gasteiger partial charge in [0.05, 0.1) is 0 Å². The molecule has 0 fully saturated rings. The Morgan fingerprint density at radius 2 is 1.05 bits per heavy atom. The number of para-hydroxylation sites is 2. The number of pyridine rings is 1. The smallest absolute Gasteiger partial charge is 0.106 e. The number of hydrogen-bond acceptors (Lipinski definition) is 1. The summed E-state index contributed by atoms with van der Waals surface area (Å²) >= 11 is 3.53. The molecule has 0 saturated heterocycles. The molecule has 0 N–H and O–H groups in total. The Bertz CT molecular complexity index is 1840. The summed E-state index contributed by atoms with van der Waals surface area (Å²) < 4.78 is 5.68. The van der Waals surface area contributed by atoms with Crippen molar-refractivity contribution in [2.45, 2.75) is 32.9 Å². The summed E-state index contributed by atoms with van der Waals surface area (Å²) in [6.45, 7) is 6.33. The Balaban J connectivity index is 1.49. The molecule has 3 nitrogen and oxygen atoms in total. The minimum absolute atomic E-state index is 0.0666. The van der Waals surface area contributed by atoms with E-state index in [1.54, 1.807) is 0 Å². The number of fused-ring (bicyclic) bond motifs is 6. The molecule has 0 spiro atoms. The minimum Gasteiger partial charge on any atom is -0.341 e. The lowest BCUT2D eigenvalue weighted by atomic mass is 9.85. The van der Waals surface area contributed by atoms with Gasteiger partial charge < -0.3 is 9.13 Å². The van der Waals surface area contributed by atoms with Crippen molar-refractivity contribution in [1.29, 1.82) is 0 Å². The first-order valence-corrected chi connectivity index (χ1v) is 14.1. The summed E-state index contributed by atoms with van der Waals surface area (Å²) in [6, 6.07) is 35.7. The number of nitrogens with zero attached hydrogens (tertiary/aromatic N) is 3. The number of aryl methyl sites for hydroxylation is 2. The van der Waals surface area contributed by atoms with Gasteiger partial charge in [0.2, 0.25) is 0 Å². The SMILES string of the molecule is CCn1c2ccccc2c2cc(C(c3ccc(Br)nc3)c3ccc4c(c3)c3ccccc3n4CC)ccc21. The van der Waals surface area contributed by atoms with Crippen molar-refractivity contribution in [3.63, 3.8) is 0 Å². The Kier molecular flexibility index (Phi) is 5.59. The van der Waals surface area contributed by atoms with Crippen molar-refractivity contribution >= 4 is 59.5 Å². The van der Waals surface area contributed by atoms with E-state index in [1.807, 2.05) is 12.3 Å². The van der Waals surface area contributed by atoms with Crippen LogP contribution >= 0.6 is 15.9 Å². The van der Waals surface area contributed by atoms with Gasteiger partial charge in [-0.25, -0.2) is 4.98 Å². The summed E-state index contributed by atoms with van der Waals surface area (Å²) in [5, 5.41) is 5.22. The van der Waals surface area contributed by atoms with Crippen molar-refractivity contribution in [1.82, 2.24) is 14.1 Å². The van der Waals surface area contributed by atoms with Crippen LogP contribution in [0.25, 0.3) is 43.6 Å². The lowest BCUT2D eigenvalue weighted by molar-refractivity contribution is 0.826. The van der Waals surface area contributed by atoms with Gasteiger partial charge in [0, 0.05) is 68.8 Å². The lowest BCUT2D eigenvalue weighted by Gasteiger charge is -2.19. The maximum absolute atomic E-state index is 4.62. The average molecular weight is 559 g/mol. The predicted molar refractivity (Wildman–Crippen MR) is 163 cm³/mol. The van der Waals surface area contributed by atoms with Crippen LogP contribution in [0.4, 0.5) is 0 Å². The molecule has 3 heterocycles. The first kappa shape index (κ1) is 23.2. The van der Waals surface area contributed by atoms with Crippen molar-refractivity contribution in [2.75, 3.05) is 0 Å². The lowest BCUT2D eigenvalue weighted by Crippen LogP contribution is -2.04. The zero-order valence-corrected chi connectivity index (χ0v) is 23.1. The van der Waals surface area contributed by atoms with E-state index in [-0.39, 0.29) is 5.92 Å². The van der Waals surface area contributed by atoms with Gasteiger partial charge >= 0.3 is 0 Å². The van der Waals surface area contributed by atoms with Crippen molar-refractivity contribution < 1.29 is 0 Å². The van der Waals surface area contributed by atoms with E-state index < -0.39 is 0 Å². The van der Waals surface area contributed by atoms with E-state index >= 15 is 0 Å². The van der Waals surface area contributed by atoms with E-state index in [2.05, 4.69) is 135 Å². The van der Waals surface area contributed by atoms with Crippen LogP contribution < -0.4 is 0 Å². The Morgan fingerprint density at radius 1 is 0.579 bits per heavy atom. The molecule has 0 aliphatic rings. The molecule has 4 heteroatoms. The van der Waals surface area contributed by atoms with Gasteiger partial charge in [0.1, 0.15) is 4.60 Å². The van der Waals surface area contributed by atoms with Gasteiger partial charge in [-0.3, -0.25) is 0 Å². The normalized spacial score (nSPS) is 12.0. The van der Waals surface area contributed by atoms with Crippen LogP contribution in [0.3, 0.4) is 0 Å². The quantitative estimate of drug-likeness (QED) is 0.193. The van der Waals surface area contributed by atoms with Gasteiger partial charge in [-0.15, -0.1) is 0 Å². The molecule has 38 heavy (non-hydrogen) atoms. The van der Waals surface area contributed by atoms with Gasteiger partial charge in [-0.1, -0.05) is 54.6 Å². The Morgan fingerprint density at radius 3 is 1.53 bits per heavy atom. The fourth-order valence-corrected chi connectivity index (χ4v) is 6.55. The highest BCUT2D eigenvalue weighted by Gasteiger charge is 2.21. The summed E-state index contributed by atoms with van der Waals surface area (Å²) in [5.41, 5.74) is 8.89. The topological polar surface area (TPSA) is 22.8 Å². The molecule has 0 saturated carbocycles. The van der Waals surface area contributed by atoms with Crippen molar-refractivity contribution in [3.05, 3.63) is 125 Å². The predicted octanol–water partition coefficient (Wildman–Crippen LogP) is 9.28. The van der Waals surface area contributed by atoms with Gasteiger partial charge in [0.25, 0.3) is 0 Å². The second-order valence-electron chi connectivity index (χ2n) is 9.92. The monoisotopic (exact) mass is 557 g/mol. The molecule has 0 bridgehead atoms. The molecule has 0 unspecified atom stereocenters. The van der Waals surface area contributed by atoms with Crippen molar-refractivity contribution in [3.8, 4) is 0 Å². The van der Waals surface area contributed by atoms with Crippen LogP contribution in [0.5, 0.6) is 0 Å². The summed E-state index contributed by atoms with van der Waals surface area (Å²) in [7, 11) is 0. The van der Waals surface area contributed by atoms with Crippen LogP contribution in [0.1, 0.15) is 36.5 Å². The first-order chi connectivity index (χ1) is 18.7. The molecule has 0 aliphatic carbocycles. The molecular formula is C34H28BrN3. The highest BCUT2D eigenvalue weighted by atomic mass is 79.9. The Hall–Kier alpha value is -3.89. The summed E-state index contributed by atoms with van der Waals surface area (Å²) in [4.78, 5) is 4.62. The molecular weight excluding hydrogens is 530 g/mol. The molecule has 0 amide bonds. The van der Waals surface area contributed by atoms with E-state index in [9.17, 15) is 0 Å². The highest BCUT2D eigenvalue weighted by molar-refractivity contribution is 9.10. The standard InChI is InChI=1S/C34H28BrN3/c1-3-37-29-11-7-5-9-25(29)27-19-22(13-16-31(27)37)34(24-15-18-33(35)36-21-24)23-14-17-32-28(20-23)26-10-6-8-12-30(26)38(32)4-2/h5-21,34H,3-4H2,1-2H3. The molecule has 0 aliphatic heterocycles. The van der Waals surface area contributed by atoms with Gasteiger partial charge in [-0.05, 0) is 88.9 Å². The van der Waals surface area contributed by atoms with Crippen molar-refractivity contribution in [2.24, 2.45) is 0 Å². The molecule has 3 aromatic heterocycles. The van der Waals surface area contributed by atoms with Gasteiger partial charge in [0.15, 0.2) is 0 Å². The third-order valence-corrected chi connectivity index (χ3v) is 8.44. The molecule has 7 aromatic rings. The maximum Gasteiger partial charge on any atom is 0.106 e. The fraction of sp³-hybridized carbons (Fsp3) is 0.147. The molecule has 7 rings (SSSR count). The van der Waals surface area contributed by atoms with E-state index in [4.69, 9.17) is 0 Å². The zero-order valence-electron chi connectivity index (χ0n) is 21.5. The second-order valence-corrected chi connectivity index (χ2v) is 10.7. The molecule has 0 atom stereocenters. The number of rotatable bonds is 5. The van der Waals surface area contributed by atoms with E-state index in [0.29, 0.717) is 0 Å². The van der Waals surface area contributed by atoms with Crippen LogP contribution in [0.2, 0.25) is 0 Å². The third-order valence-electron chi connectivity index (χ3n) is 7.98. The second kappa shape index (κ2) is 9.14. The Labute approximate surface area is 230 Å². The number of hydrogen-bond donors (Lipinski definition) is 0. The van der Waals surface area contributed by atoms with Gasteiger partial charge in [-0.2, -0.15) is 0 Å². The van der Waals surface area contributed by atoms with Crippen LogP contribution in [-0.2, 0) is 13.1 Å². The molecule has 0 radical (unpaired) electrons. The first-order valence-electron chi connectivity index (χ1n) is 13.3. The van der Waals surface area contributed by atoms with Crippen LogP contribution in [0, 0.1) is 0 Å². The zero-order chi connectivity index (χ0) is 25.8. The number of benzene rings is 4. The largest absolute Gasteiger partial charge is 0.341 e. The molecule has 4 aromatic carbocycles. The number of halogens is 1. The van der Waals surface area contributed by atoms with Crippen LogP contribution in [0.15, 0.2) is 108 Å². The fourth-order valence-electron chi connectivity index (χ4n) is 6.32.